The van der Waals surface area contributed by atoms with Crippen LogP contribution in [0, 0.1) is 5.92 Å². The molecule has 2 heterocycles. The van der Waals surface area contributed by atoms with Gasteiger partial charge < -0.3 is 10.6 Å². The third-order valence-electron chi connectivity index (χ3n) is 4.97. The number of anilines is 1. The number of aromatic nitrogens is 4. The second kappa shape index (κ2) is 8.75. The zero-order valence-electron chi connectivity index (χ0n) is 15.7. The lowest BCUT2D eigenvalue weighted by atomic mass is 9.99. The van der Waals surface area contributed by atoms with Crippen molar-refractivity contribution in [2.45, 2.75) is 25.8 Å². The maximum atomic E-state index is 12.3. The number of piperidine rings is 1. The fourth-order valence-corrected chi connectivity index (χ4v) is 3.34. The SMILES string of the molecule is O=C(Nc1ccc(CCn2nnc(-c3ccccc3)n2)cc1)C1CCCNC1. The van der Waals surface area contributed by atoms with Gasteiger partial charge in [-0.15, -0.1) is 10.2 Å². The molecule has 28 heavy (non-hydrogen) atoms. The topological polar surface area (TPSA) is 84.7 Å². The lowest BCUT2D eigenvalue weighted by Crippen LogP contribution is -2.37. The van der Waals surface area contributed by atoms with Crippen molar-refractivity contribution < 1.29 is 4.79 Å². The van der Waals surface area contributed by atoms with Crippen LogP contribution in [0.4, 0.5) is 5.69 Å². The van der Waals surface area contributed by atoms with E-state index in [4.69, 9.17) is 0 Å². The van der Waals surface area contributed by atoms with Gasteiger partial charge in [0.25, 0.3) is 0 Å². The van der Waals surface area contributed by atoms with Crippen LogP contribution in [0.2, 0.25) is 0 Å². The fourth-order valence-electron chi connectivity index (χ4n) is 3.34. The summed E-state index contributed by atoms with van der Waals surface area (Å²) in [4.78, 5) is 13.9. The maximum absolute atomic E-state index is 12.3. The van der Waals surface area contributed by atoms with Crippen molar-refractivity contribution in [3.63, 3.8) is 0 Å². The van der Waals surface area contributed by atoms with E-state index in [-0.39, 0.29) is 11.8 Å². The Morgan fingerprint density at radius 2 is 1.96 bits per heavy atom. The molecule has 4 rings (SSSR count). The predicted molar refractivity (Wildman–Crippen MR) is 108 cm³/mol. The number of carbonyl (C=O) groups excluding carboxylic acids is 1. The van der Waals surface area contributed by atoms with Crippen LogP contribution in [0.25, 0.3) is 11.4 Å². The smallest absolute Gasteiger partial charge is 0.228 e. The second-order valence-electron chi connectivity index (χ2n) is 7.05. The van der Waals surface area contributed by atoms with E-state index in [0.29, 0.717) is 12.4 Å². The molecule has 7 nitrogen and oxygen atoms in total. The van der Waals surface area contributed by atoms with Crippen molar-refractivity contribution in [1.29, 1.82) is 0 Å². The maximum Gasteiger partial charge on any atom is 0.228 e. The van der Waals surface area contributed by atoms with Crippen molar-refractivity contribution in [3.8, 4) is 11.4 Å². The number of hydrogen-bond donors (Lipinski definition) is 2. The van der Waals surface area contributed by atoms with E-state index in [0.717, 1.165) is 49.2 Å². The minimum absolute atomic E-state index is 0.0608. The number of rotatable bonds is 6. The zero-order valence-corrected chi connectivity index (χ0v) is 15.7. The molecule has 1 atom stereocenters. The minimum atomic E-state index is 0.0608. The first-order chi connectivity index (χ1) is 13.8. The molecule has 1 saturated heterocycles. The van der Waals surface area contributed by atoms with Gasteiger partial charge in [0, 0.05) is 17.8 Å². The molecule has 1 aliphatic heterocycles. The molecule has 0 aliphatic carbocycles. The molecule has 144 valence electrons. The van der Waals surface area contributed by atoms with Gasteiger partial charge in [-0.05, 0) is 48.7 Å². The van der Waals surface area contributed by atoms with Crippen LogP contribution in [0.1, 0.15) is 18.4 Å². The van der Waals surface area contributed by atoms with E-state index in [2.05, 4.69) is 26.0 Å². The summed E-state index contributed by atoms with van der Waals surface area (Å²) in [5, 5.41) is 19.0. The molecule has 2 aromatic carbocycles. The van der Waals surface area contributed by atoms with E-state index < -0.39 is 0 Å². The lowest BCUT2D eigenvalue weighted by Gasteiger charge is -2.21. The van der Waals surface area contributed by atoms with Crippen LogP contribution in [0.3, 0.4) is 0 Å². The first-order valence-electron chi connectivity index (χ1n) is 9.72. The monoisotopic (exact) mass is 376 g/mol. The lowest BCUT2D eigenvalue weighted by molar-refractivity contribution is -0.120. The summed E-state index contributed by atoms with van der Waals surface area (Å²) in [5.41, 5.74) is 2.96. The van der Waals surface area contributed by atoms with E-state index >= 15 is 0 Å². The number of tetrazole rings is 1. The molecular weight excluding hydrogens is 352 g/mol. The molecule has 0 bridgehead atoms. The standard InChI is InChI=1S/C21H24N6O/c28-21(18-7-4-13-22-15-18)23-19-10-8-16(9-11-19)12-14-27-25-20(24-26-27)17-5-2-1-3-6-17/h1-3,5-6,8-11,18,22H,4,7,12-15H2,(H,23,28). The van der Waals surface area contributed by atoms with E-state index in [1.165, 1.54) is 0 Å². The van der Waals surface area contributed by atoms with Gasteiger partial charge in [0.05, 0.1) is 12.5 Å². The molecule has 1 amide bonds. The summed E-state index contributed by atoms with van der Waals surface area (Å²) in [6, 6.07) is 17.8. The minimum Gasteiger partial charge on any atom is -0.326 e. The van der Waals surface area contributed by atoms with E-state index in [9.17, 15) is 4.79 Å². The summed E-state index contributed by atoms with van der Waals surface area (Å²) < 4.78 is 0. The molecular formula is C21H24N6O. The average molecular weight is 376 g/mol. The summed E-state index contributed by atoms with van der Waals surface area (Å²) in [6.45, 7) is 2.42. The van der Waals surface area contributed by atoms with Gasteiger partial charge in [-0.2, -0.15) is 4.80 Å². The molecule has 0 saturated carbocycles. The largest absolute Gasteiger partial charge is 0.326 e. The van der Waals surface area contributed by atoms with Crippen LogP contribution in [0.15, 0.2) is 54.6 Å². The summed E-state index contributed by atoms with van der Waals surface area (Å²) in [7, 11) is 0. The number of amides is 1. The highest BCUT2D eigenvalue weighted by Crippen LogP contribution is 2.16. The molecule has 0 spiro atoms. The van der Waals surface area contributed by atoms with Crippen molar-refractivity contribution in [3.05, 3.63) is 60.2 Å². The van der Waals surface area contributed by atoms with Crippen molar-refractivity contribution in [2.75, 3.05) is 18.4 Å². The number of nitrogens with zero attached hydrogens (tertiary/aromatic N) is 4. The Morgan fingerprint density at radius 3 is 2.71 bits per heavy atom. The van der Waals surface area contributed by atoms with Gasteiger partial charge in [0.2, 0.25) is 11.7 Å². The van der Waals surface area contributed by atoms with Gasteiger partial charge in [0.15, 0.2) is 0 Å². The van der Waals surface area contributed by atoms with Gasteiger partial charge >= 0.3 is 0 Å². The Morgan fingerprint density at radius 1 is 1.14 bits per heavy atom. The normalized spacial score (nSPS) is 16.6. The third-order valence-corrected chi connectivity index (χ3v) is 4.97. The van der Waals surface area contributed by atoms with Crippen LogP contribution in [-0.4, -0.2) is 39.2 Å². The van der Waals surface area contributed by atoms with Crippen molar-refractivity contribution in [2.24, 2.45) is 5.92 Å². The van der Waals surface area contributed by atoms with Gasteiger partial charge in [-0.1, -0.05) is 42.5 Å². The molecule has 7 heteroatoms. The molecule has 0 radical (unpaired) electrons. The Balaban J connectivity index is 1.30. The summed E-state index contributed by atoms with van der Waals surface area (Å²) >= 11 is 0. The van der Waals surface area contributed by atoms with Crippen LogP contribution >= 0.6 is 0 Å². The Kier molecular flexibility index (Phi) is 5.72. The summed E-state index contributed by atoms with van der Waals surface area (Å²) in [5.74, 6) is 0.793. The second-order valence-corrected chi connectivity index (χ2v) is 7.05. The van der Waals surface area contributed by atoms with Gasteiger partial charge in [-0.3, -0.25) is 4.79 Å². The average Bonchev–Trinajstić information content (AvgIpc) is 3.24. The molecule has 1 aromatic heterocycles. The quantitative estimate of drug-likeness (QED) is 0.691. The highest BCUT2D eigenvalue weighted by atomic mass is 16.1. The molecule has 1 unspecified atom stereocenters. The molecule has 2 N–H and O–H groups in total. The fraction of sp³-hybridized carbons (Fsp3) is 0.333. The number of carbonyl (C=O) groups is 1. The van der Waals surface area contributed by atoms with Crippen molar-refractivity contribution in [1.82, 2.24) is 25.5 Å². The first kappa shape index (κ1) is 18.3. The van der Waals surface area contributed by atoms with Crippen LogP contribution < -0.4 is 10.6 Å². The molecule has 3 aromatic rings. The molecule has 1 aliphatic rings. The van der Waals surface area contributed by atoms with Gasteiger partial charge in [-0.25, -0.2) is 0 Å². The van der Waals surface area contributed by atoms with Crippen LogP contribution in [0.5, 0.6) is 0 Å². The third kappa shape index (κ3) is 4.61. The first-order valence-corrected chi connectivity index (χ1v) is 9.72. The number of benzene rings is 2. The number of aryl methyl sites for hydroxylation is 2. The van der Waals surface area contributed by atoms with Crippen LogP contribution in [-0.2, 0) is 17.8 Å². The zero-order chi connectivity index (χ0) is 19.2. The Labute approximate surface area is 164 Å². The number of nitrogens with one attached hydrogen (secondary N) is 2. The predicted octanol–water partition coefficient (Wildman–Crippen LogP) is 2.52. The van der Waals surface area contributed by atoms with E-state index in [1.807, 2.05) is 54.6 Å². The van der Waals surface area contributed by atoms with Crippen molar-refractivity contribution >= 4 is 11.6 Å². The summed E-state index contributed by atoms with van der Waals surface area (Å²) in [6.07, 6.45) is 2.80. The number of hydrogen-bond acceptors (Lipinski definition) is 5. The van der Waals surface area contributed by atoms with E-state index in [1.54, 1.807) is 4.80 Å². The highest BCUT2D eigenvalue weighted by Gasteiger charge is 2.20. The Bertz CT molecular complexity index is 900. The highest BCUT2D eigenvalue weighted by molar-refractivity contribution is 5.92. The molecule has 1 fully saturated rings. The van der Waals surface area contributed by atoms with Gasteiger partial charge in [0.1, 0.15) is 0 Å². The Hall–Kier alpha value is -3.06.